The van der Waals surface area contributed by atoms with Gasteiger partial charge in [0.2, 0.25) is 10.9 Å². The molecule has 1 atom stereocenters. The third-order valence-electron chi connectivity index (χ3n) is 8.18. The number of benzene rings is 4. The fourth-order valence-corrected chi connectivity index (χ4v) is 8.02. The predicted octanol–water partition coefficient (Wildman–Crippen LogP) is 6.67. The number of rotatable bonds is 6. The van der Waals surface area contributed by atoms with Gasteiger partial charge in [-0.2, -0.15) is 0 Å². The highest BCUT2D eigenvalue weighted by Crippen LogP contribution is 2.55. The van der Waals surface area contributed by atoms with Crippen molar-refractivity contribution in [2.75, 3.05) is 9.80 Å². The van der Waals surface area contributed by atoms with Gasteiger partial charge >= 0.3 is 0 Å². The van der Waals surface area contributed by atoms with Gasteiger partial charge in [-0.15, -0.1) is 10.2 Å². The molecule has 1 unspecified atom stereocenters. The molecule has 2 aliphatic heterocycles. The monoisotopic (exact) mass is 650 g/mol. The Kier molecular flexibility index (Phi) is 6.59. The van der Waals surface area contributed by atoms with Crippen molar-refractivity contribution in [1.29, 1.82) is 0 Å². The van der Waals surface area contributed by atoms with Crippen LogP contribution in [0.25, 0.3) is 11.0 Å². The largest absolute Gasteiger partial charge is 0.450 e. The van der Waals surface area contributed by atoms with Gasteiger partial charge in [-0.3, -0.25) is 19.3 Å². The number of anilines is 2. The summed E-state index contributed by atoms with van der Waals surface area (Å²) >= 11 is 2.29. The first-order valence-electron chi connectivity index (χ1n) is 14.1. The summed E-state index contributed by atoms with van der Waals surface area (Å²) in [4.78, 5) is 46.4. The topological polar surface area (TPSA) is 96.6 Å². The van der Waals surface area contributed by atoms with Crippen molar-refractivity contribution in [2.45, 2.75) is 22.2 Å². The number of aromatic nitrogens is 2. The Labute approximate surface area is 267 Å². The quantitative estimate of drug-likeness (QED) is 0.147. The van der Waals surface area contributed by atoms with Crippen LogP contribution in [0.5, 0.6) is 0 Å². The second-order valence-electron chi connectivity index (χ2n) is 10.7. The Morgan fingerprint density at radius 3 is 2.41 bits per heavy atom. The molecule has 6 aromatic rings. The minimum absolute atomic E-state index is 0.0496. The maximum atomic E-state index is 15.0. The molecule has 4 heterocycles. The summed E-state index contributed by atoms with van der Waals surface area (Å²) in [5, 5.41) is 8.86. The van der Waals surface area contributed by atoms with Crippen molar-refractivity contribution in [1.82, 2.24) is 10.2 Å². The number of carbonyl (C=O) groups is 2. The minimum Gasteiger partial charge on any atom is -0.450 e. The van der Waals surface area contributed by atoms with E-state index >= 15 is 0 Å². The van der Waals surface area contributed by atoms with Crippen molar-refractivity contribution in [3.8, 4) is 0 Å². The molecule has 2 amide bonds. The van der Waals surface area contributed by atoms with E-state index in [4.69, 9.17) is 4.42 Å². The van der Waals surface area contributed by atoms with Crippen LogP contribution in [0, 0.1) is 11.6 Å². The second kappa shape index (κ2) is 10.7. The Morgan fingerprint density at radius 1 is 0.848 bits per heavy atom. The van der Waals surface area contributed by atoms with E-state index in [0.717, 1.165) is 11.3 Å². The maximum absolute atomic E-state index is 15.0. The summed E-state index contributed by atoms with van der Waals surface area (Å²) in [5.41, 5.74) is -0.378. The van der Waals surface area contributed by atoms with Crippen LogP contribution in [-0.2, 0) is 22.6 Å². The normalized spacial score (nSPS) is 16.9. The van der Waals surface area contributed by atoms with Crippen molar-refractivity contribution >= 4 is 56.7 Å². The Hall–Kier alpha value is -5.20. The maximum Gasteiger partial charge on any atom is 0.297 e. The lowest BCUT2D eigenvalue weighted by Gasteiger charge is -2.32. The molecule has 0 saturated heterocycles. The highest BCUT2D eigenvalue weighted by Gasteiger charge is 2.66. The van der Waals surface area contributed by atoms with E-state index in [-0.39, 0.29) is 45.5 Å². The van der Waals surface area contributed by atoms with Crippen LogP contribution >= 0.6 is 23.1 Å². The van der Waals surface area contributed by atoms with Crippen LogP contribution in [0.1, 0.15) is 32.8 Å². The minimum atomic E-state index is -1.96. The third-order valence-corrected chi connectivity index (χ3v) is 10.3. The van der Waals surface area contributed by atoms with E-state index in [1.54, 1.807) is 78.9 Å². The summed E-state index contributed by atoms with van der Waals surface area (Å²) in [7, 11) is 0. The third kappa shape index (κ3) is 4.13. The first-order valence-corrected chi connectivity index (χ1v) is 15.9. The smallest absolute Gasteiger partial charge is 0.297 e. The number of hydrogen-bond donors (Lipinski definition) is 0. The molecule has 0 radical (unpaired) electrons. The zero-order valence-corrected chi connectivity index (χ0v) is 25.3. The van der Waals surface area contributed by atoms with E-state index < -0.39 is 28.6 Å². The van der Waals surface area contributed by atoms with Crippen LogP contribution < -0.4 is 15.2 Å². The molecular weight excluding hydrogens is 631 g/mol. The number of amides is 2. The van der Waals surface area contributed by atoms with E-state index in [2.05, 4.69) is 10.2 Å². The van der Waals surface area contributed by atoms with Gasteiger partial charge in [-0.25, -0.2) is 8.78 Å². The number of thioether (sulfide) groups is 1. The van der Waals surface area contributed by atoms with Crippen LogP contribution in [0.2, 0.25) is 0 Å². The number of nitrogens with zero attached hydrogens (tertiary/aromatic N) is 4. The van der Waals surface area contributed by atoms with Gasteiger partial charge in [0.15, 0.2) is 15.3 Å². The van der Waals surface area contributed by atoms with Crippen molar-refractivity contribution in [3.63, 3.8) is 0 Å². The summed E-state index contributed by atoms with van der Waals surface area (Å²) in [6.45, 7) is 0.0496. The first kappa shape index (κ1) is 28.3. The number of hydrogen-bond acceptors (Lipinski definition) is 8. The van der Waals surface area contributed by atoms with E-state index in [1.165, 1.54) is 39.8 Å². The fourth-order valence-electron chi connectivity index (χ4n) is 6.15. The Bertz CT molecular complexity index is 2270. The summed E-state index contributed by atoms with van der Waals surface area (Å²) in [6, 6.07) is 25.6. The number of halogens is 2. The van der Waals surface area contributed by atoms with Crippen molar-refractivity contribution in [3.05, 3.63) is 147 Å². The zero-order valence-electron chi connectivity index (χ0n) is 23.6. The molecule has 12 heteroatoms. The van der Waals surface area contributed by atoms with Gasteiger partial charge in [-0.05, 0) is 47.5 Å². The molecule has 8 nitrogen and oxygen atoms in total. The second-order valence-corrected chi connectivity index (χ2v) is 12.9. The van der Waals surface area contributed by atoms with Gasteiger partial charge < -0.3 is 9.32 Å². The summed E-state index contributed by atoms with van der Waals surface area (Å²) in [5.74, 6) is -2.05. The van der Waals surface area contributed by atoms with E-state index in [0.29, 0.717) is 26.7 Å². The van der Waals surface area contributed by atoms with Crippen LogP contribution in [-0.4, -0.2) is 22.0 Å². The van der Waals surface area contributed by atoms with Gasteiger partial charge in [0.05, 0.1) is 23.2 Å². The molecule has 0 fully saturated rings. The number of para-hydroxylation sites is 2. The average molecular weight is 651 g/mol. The molecule has 0 bridgehead atoms. The SMILES string of the molecule is O=C1c2oc3ccccc3c(=O)c2C2(C(=O)N(Cc3ccc(F)cc3)c3ccccc32)N1c1nnc(SCc2ccccc2F)s1. The van der Waals surface area contributed by atoms with Crippen LogP contribution in [0.15, 0.2) is 111 Å². The number of fused-ring (bicyclic) bond motifs is 5. The molecule has 2 aliphatic rings. The standard InChI is InChI=1S/C34H20F2N4O4S2/c35-21-15-13-19(14-16-21)17-39-25-11-5-3-9-23(25)34(31(39)43)27-28(41)22-8-2-6-12-26(22)44-29(27)30(42)40(34)32-37-38-33(46-32)45-18-20-7-1-4-10-24(20)36/h1-16H,17-18H2. The molecule has 0 aliphatic carbocycles. The molecule has 8 rings (SSSR count). The van der Waals surface area contributed by atoms with E-state index in [1.807, 2.05) is 0 Å². The van der Waals surface area contributed by atoms with Gasteiger partial charge in [-0.1, -0.05) is 83.8 Å². The van der Waals surface area contributed by atoms with Gasteiger partial charge in [0.1, 0.15) is 17.2 Å². The van der Waals surface area contributed by atoms with Crippen molar-refractivity contribution < 1.29 is 22.8 Å². The highest BCUT2D eigenvalue weighted by molar-refractivity contribution is 8.00. The van der Waals surface area contributed by atoms with Crippen LogP contribution in [0.4, 0.5) is 19.6 Å². The lowest BCUT2D eigenvalue weighted by Crippen LogP contribution is -2.53. The van der Waals surface area contributed by atoms with Crippen molar-refractivity contribution in [2.24, 2.45) is 0 Å². The summed E-state index contributed by atoms with van der Waals surface area (Å²) in [6.07, 6.45) is 0. The zero-order chi connectivity index (χ0) is 31.6. The lowest BCUT2D eigenvalue weighted by atomic mass is 9.84. The fraction of sp³-hybridized carbons (Fsp3) is 0.0882. The molecule has 4 aromatic carbocycles. The number of carbonyl (C=O) groups excluding carboxylic acids is 2. The molecule has 46 heavy (non-hydrogen) atoms. The highest BCUT2D eigenvalue weighted by atomic mass is 32.2. The molecule has 0 N–H and O–H groups in total. The molecular formula is C34H20F2N4O4S2. The van der Waals surface area contributed by atoms with Gasteiger partial charge in [0, 0.05) is 11.3 Å². The van der Waals surface area contributed by atoms with Crippen LogP contribution in [0.3, 0.4) is 0 Å². The predicted molar refractivity (Wildman–Crippen MR) is 170 cm³/mol. The Morgan fingerprint density at radius 2 is 1.59 bits per heavy atom. The first-order chi connectivity index (χ1) is 22.4. The molecule has 2 aromatic heterocycles. The molecule has 1 spiro atoms. The lowest BCUT2D eigenvalue weighted by molar-refractivity contribution is -0.121. The molecule has 226 valence electrons. The average Bonchev–Trinajstić information content (AvgIpc) is 3.71. The van der Waals surface area contributed by atoms with E-state index in [9.17, 15) is 23.2 Å². The molecule has 0 saturated carbocycles. The Balaban J connectivity index is 1.31. The summed E-state index contributed by atoms with van der Waals surface area (Å²) < 4.78 is 34.6. The van der Waals surface area contributed by atoms with Gasteiger partial charge in [0.25, 0.3) is 11.8 Å².